The fourth-order valence-electron chi connectivity index (χ4n) is 4.50. The predicted octanol–water partition coefficient (Wildman–Crippen LogP) is 1.56. The second kappa shape index (κ2) is 9.97. The summed E-state index contributed by atoms with van der Waals surface area (Å²) in [7, 11) is -3.74. The summed E-state index contributed by atoms with van der Waals surface area (Å²) >= 11 is 0.969. The fourth-order valence-corrected chi connectivity index (χ4v) is 7.61. The lowest BCUT2D eigenvalue weighted by molar-refractivity contribution is -0.114. The highest BCUT2D eigenvalue weighted by Crippen LogP contribution is 2.36. The van der Waals surface area contributed by atoms with E-state index in [2.05, 4.69) is 15.2 Å². The molecule has 1 aromatic carbocycles. The van der Waals surface area contributed by atoms with Gasteiger partial charge in [0, 0.05) is 38.6 Å². The molecule has 10 nitrogen and oxygen atoms in total. The van der Waals surface area contributed by atoms with Crippen LogP contribution in [-0.2, 0) is 14.8 Å². The number of carbonyl (C=O) groups excluding carboxylic acids is 1. The molecule has 3 heterocycles. The van der Waals surface area contributed by atoms with Gasteiger partial charge in [-0.3, -0.25) is 9.69 Å². The minimum absolute atomic E-state index is 0.0149. The maximum absolute atomic E-state index is 13.3. The number of fused-ring (bicyclic) bond motifs is 2. The van der Waals surface area contributed by atoms with Crippen molar-refractivity contribution in [1.29, 1.82) is 5.26 Å². The second-order valence-corrected chi connectivity index (χ2v) is 11.7. The number of aryl methyl sites for hydroxylation is 1. The number of nitrogens with zero attached hydrogens (tertiary/aromatic N) is 4. The molecule has 0 radical (unpaired) electrons. The summed E-state index contributed by atoms with van der Waals surface area (Å²) in [6, 6.07) is 8.78. The van der Waals surface area contributed by atoms with Gasteiger partial charge in [-0.05, 0) is 44.0 Å². The lowest BCUT2D eigenvalue weighted by Crippen LogP contribution is -2.57. The van der Waals surface area contributed by atoms with Crippen LogP contribution >= 0.6 is 11.3 Å². The molecule has 0 saturated carbocycles. The number of nitrogens with one attached hydrogen (secondary N) is 1. The number of thiazole rings is 1. The van der Waals surface area contributed by atoms with Crippen molar-refractivity contribution >= 4 is 32.4 Å². The van der Waals surface area contributed by atoms with Crippen LogP contribution in [0.4, 0.5) is 5.13 Å². The monoisotopic (exact) mass is 505 g/mol. The standard InChI is InChI=1S/C22H27N5O5S2/c1-14-21(33-22(24-14)25-15(2)28)34(30,31)26-10-17-5-6-18(11-26)27(17)12-19(29)13-32-20-7-3-16(9-23)4-8-20/h3-4,7-8,17-19,29H,5-6,10-13H2,1-2H3,(H,24,25,28). The minimum atomic E-state index is -3.74. The molecule has 2 N–H and O–H groups in total. The zero-order valence-corrected chi connectivity index (χ0v) is 20.6. The number of aliphatic hydroxyl groups excluding tert-OH is 1. The summed E-state index contributed by atoms with van der Waals surface area (Å²) in [6.07, 6.45) is 0.989. The molecule has 2 saturated heterocycles. The largest absolute Gasteiger partial charge is 0.491 e. The molecule has 3 unspecified atom stereocenters. The summed E-state index contributed by atoms with van der Waals surface area (Å²) in [5.41, 5.74) is 0.913. The van der Waals surface area contributed by atoms with Crippen LogP contribution in [0.15, 0.2) is 28.5 Å². The zero-order chi connectivity index (χ0) is 24.5. The molecule has 3 atom stereocenters. The lowest BCUT2D eigenvalue weighted by atomic mass is 10.2. The van der Waals surface area contributed by atoms with Gasteiger partial charge in [0.1, 0.15) is 18.5 Å². The van der Waals surface area contributed by atoms with E-state index in [4.69, 9.17) is 10.00 Å². The summed E-state index contributed by atoms with van der Waals surface area (Å²) in [5, 5.41) is 22.2. The number of sulfonamides is 1. The zero-order valence-electron chi connectivity index (χ0n) is 19.0. The predicted molar refractivity (Wildman–Crippen MR) is 126 cm³/mol. The molecule has 2 fully saturated rings. The molecule has 2 bridgehead atoms. The number of amides is 1. The Morgan fingerprint density at radius 2 is 1.97 bits per heavy atom. The first-order valence-electron chi connectivity index (χ1n) is 11.0. The smallest absolute Gasteiger partial charge is 0.254 e. The van der Waals surface area contributed by atoms with Crippen molar-refractivity contribution in [2.75, 3.05) is 31.6 Å². The molecule has 2 aliphatic rings. The average molecular weight is 506 g/mol. The van der Waals surface area contributed by atoms with Crippen LogP contribution in [0.2, 0.25) is 0 Å². The van der Waals surface area contributed by atoms with E-state index in [-0.39, 0.29) is 33.9 Å². The molecule has 0 aliphatic carbocycles. The van der Waals surface area contributed by atoms with Crippen LogP contribution in [0.5, 0.6) is 5.75 Å². The van der Waals surface area contributed by atoms with Gasteiger partial charge in [-0.1, -0.05) is 11.3 Å². The van der Waals surface area contributed by atoms with Gasteiger partial charge in [-0.15, -0.1) is 0 Å². The van der Waals surface area contributed by atoms with Gasteiger partial charge >= 0.3 is 0 Å². The van der Waals surface area contributed by atoms with Crippen molar-refractivity contribution in [3.8, 4) is 11.8 Å². The molecule has 2 aromatic rings. The SMILES string of the molecule is CC(=O)Nc1nc(C)c(S(=O)(=O)N2CC3CCC(C2)N3CC(O)COc2ccc(C#N)cc2)s1. The highest BCUT2D eigenvalue weighted by Gasteiger charge is 2.45. The Morgan fingerprint density at radius 1 is 1.32 bits per heavy atom. The first kappa shape index (κ1) is 24.6. The van der Waals surface area contributed by atoms with Crippen molar-refractivity contribution in [3.63, 3.8) is 0 Å². The van der Waals surface area contributed by atoms with Gasteiger partial charge in [0.15, 0.2) is 9.34 Å². The molecule has 1 aromatic heterocycles. The number of hydrogen-bond acceptors (Lipinski definition) is 9. The first-order chi connectivity index (χ1) is 16.2. The van der Waals surface area contributed by atoms with Crippen molar-refractivity contribution in [2.45, 2.75) is 49.1 Å². The summed E-state index contributed by atoms with van der Waals surface area (Å²) in [4.78, 5) is 17.7. The maximum Gasteiger partial charge on any atom is 0.254 e. The Balaban J connectivity index is 1.37. The van der Waals surface area contributed by atoms with Gasteiger partial charge in [-0.25, -0.2) is 13.4 Å². The van der Waals surface area contributed by atoms with Gasteiger partial charge in [-0.2, -0.15) is 9.57 Å². The van der Waals surface area contributed by atoms with Crippen LogP contribution in [0.25, 0.3) is 0 Å². The number of benzene rings is 1. The molecule has 12 heteroatoms. The van der Waals surface area contributed by atoms with Crippen molar-refractivity contribution in [3.05, 3.63) is 35.5 Å². The van der Waals surface area contributed by atoms with Gasteiger partial charge in [0.05, 0.1) is 17.3 Å². The number of nitriles is 1. The van der Waals surface area contributed by atoms with Crippen molar-refractivity contribution in [1.82, 2.24) is 14.2 Å². The lowest BCUT2D eigenvalue weighted by Gasteiger charge is -2.40. The summed E-state index contributed by atoms with van der Waals surface area (Å²) < 4.78 is 34.0. The Kier molecular flexibility index (Phi) is 7.20. The number of hydrogen-bond donors (Lipinski definition) is 2. The van der Waals surface area contributed by atoms with E-state index in [1.807, 2.05) is 6.07 Å². The van der Waals surface area contributed by atoms with Crippen LogP contribution in [0.3, 0.4) is 0 Å². The third-order valence-corrected chi connectivity index (χ3v) is 9.55. The number of piperazine rings is 1. The maximum atomic E-state index is 13.3. The molecule has 34 heavy (non-hydrogen) atoms. The molecule has 0 spiro atoms. The highest BCUT2D eigenvalue weighted by molar-refractivity contribution is 7.91. The van der Waals surface area contributed by atoms with E-state index in [1.165, 1.54) is 11.2 Å². The van der Waals surface area contributed by atoms with Crippen LogP contribution in [0.1, 0.15) is 31.0 Å². The Bertz CT molecular complexity index is 1180. The quantitative estimate of drug-likeness (QED) is 0.552. The third kappa shape index (κ3) is 5.24. The van der Waals surface area contributed by atoms with Crippen molar-refractivity contribution < 1.29 is 23.1 Å². The van der Waals surface area contributed by atoms with Crippen molar-refractivity contribution in [2.24, 2.45) is 0 Å². The summed E-state index contributed by atoms with van der Waals surface area (Å²) in [5.74, 6) is 0.279. The number of aromatic nitrogens is 1. The molecular weight excluding hydrogens is 478 g/mol. The van der Waals surface area contributed by atoms with E-state index in [9.17, 15) is 18.3 Å². The van der Waals surface area contributed by atoms with Crippen LogP contribution < -0.4 is 10.1 Å². The third-order valence-electron chi connectivity index (χ3n) is 6.06. The Labute approximate surface area is 202 Å². The van der Waals surface area contributed by atoms with E-state index >= 15 is 0 Å². The van der Waals surface area contributed by atoms with E-state index in [0.717, 1.165) is 24.2 Å². The number of carbonyl (C=O) groups is 1. The van der Waals surface area contributed by atoms with Crippen LogP contribution in [0, 0.1) is 18.3 Å². The first-order valence-corrected chi connectivity index (χ1v) is 13.2. The topological polar surface area (TPSA) is 136 Å². The fraction of sp³-hybridized carbons (Fsp3) is 0.500. The minimum Gasteiger partial charge on any atom is -0.491 e. The summed E-state index contributed by atoms with van der Waals surface area (Å²) in [6.45, 7) is 4.17. The second-order valence-electron chi connectivity index (χ2n) is 8.58. The highest BCUT2D eigenvalue weighted by atomic mass is 32.2. The van der Waals surface area contributed by atoms with E-state index < -0.39 is 16.1 Å². The average Bonchev–Trinajstić information content (AvgIpc) is 3.25. The van der Waals surface area contributed by atoms with Gasteiger partial charge in [0.2, 0.25) is 5.91 Å². The van der Waals surface area contributed by atoms with E-state index in [1.54, 1.807) is 31.2 Å². The normalized spacial score (nSPS) is 21.7. The molecule has 1 amide bonds. The molecular formula is C22H27N5O5S2. The Morgan fingerprint density at radius 3 is 2.56 bits per heavy atom. The Hall–Kier alpha value is -2.56. The molecule has 182 valence electrons. The number of anilines is 1. The van der Waals surface area contributed by atoms with E-state index in [0.29, 0.717) is 36.6 Å². The number of rotatable bonds is 8. The number of ether oxygens (including phenoxy) is 1. The van der Waals surface area contributed by atoms with Gasteiger partial charge in [0.25, 0.3) is 10.0 Å². The van der Waals surface area contributed by atoms with Gasteiger partial charge < -0.3 is 15.2 Å². The number of aliphatic hydroxyl groups is 1. The molecule has 2 aliphatic heterocycles. The van der Waals surface area contributed by atoms with Crippen LogP contribution in [-0.4, -0.2) is 78.0 Å². The molecule has 4 rings (SSSR count).